The van der Waals surface area contributed by atoms with Crippen LogP contribution in [0.4, 0.5) is 5.69 Å². The first kappa shape index (κ1) is 15.6. The first-order chi connectivity index (χ1) is 9.34. The van der Waals surface area contributed by atoms with E-state index in [1.54, 1.807) is 13.8 Å². The number of rotatable bonds is 7. The van der Waals surface area contributed by atoms with Crippen LogP contribution < -0.4 is 0 Å². The molecule has 0 unspecified atom stereocenters. The highest BCUT2D eigenvalue weighted by atomic mass is 16.6. The van der Waals surface area contributed by atoms with Crippen LogP contribution >= 0.6 is 0 Å². The predicted molar refractivity (Wildman–Crippen MR) is 68.7 cm³/mol. The number of ether oxygens (including phenoxy) is 2. The Labute approximate surface area is 115 Å². The van der Waals surface area contributed by atoms with Crippen molar-refractivity contribution in [2.75, 3.05) is 0 Å². The van der Waals surface area contributed by atoms with Crippen molar-refractivity contribution in [2.24, 2.45) is 0 Å². The lowest BCUT2D eigenvalue weighted by Gasteiger charge is -2.21. The van der Waals surface area contributed by atoms with Gasteiger partial charge in [-0.25, -0.2) is 0 Å². The monoisotopic (exact) mass is 281 g/mol. The van der Waals surface area contributed by atoms with Gasteiger partial charge in [0.25, 0.3) is 12.2 Å². The predicted octanol–water partition coefficient (Wildman–Crippen LogP) is 1.98. The number of carbonyl (C=O) groups is 2. The summed E-state index contributed by atoms with van der Waals surface area (Å²) in [5.41, 5.74) is -0.312. The lowest BCUT2D eigenvalue weighted by Crippen LogP contribution is -2.28. The van der Waals surface area contributed by atoms with E-state index in [9.17, 15) is 19.7 Å². The number of hydrogen-bond donors (Lipinski definition) is 0. The van der Waals surface area contributed by atoms with Gasteiger partial charge in [-0.2, -0.15) is 0 Å². The molecule has 0 aromatic heterocycles. The van der Waals surface area contributed by atoms with Gasteiger partial charge in [0.15, 0.2) is 0 Å². The SMILES string of the molecule is CC(C)(CC(=O)OCc1ccc([N+](=O)[O-])cc1)OC=O. The van der Waals surface area contributed by atoms with Gasteiger partial charge >= 0.3 is 5.97 Å². The van der Waals surface area contributed by atoms with E-state index in [2.05, 4.69) is 0 Å². The van der Waals surface area contributed by atoms with Crippen LogP contribution in [0.5, 0.6) is 0 Å². The Kier molecular flexibility index (Phi) is 5.19. The van der Waals surface area contributed by atoms with E-state index in [0.717, 1.165) is 0 Å². The molecule has 0 aliphatic heterocycles. The van der Waals surface area contributed by atoms with Crippen LogP contribution in [0.25, 0.3) is 0 Å². The fraction of sp³-hybridized carbons (Fsp3) is 0.385. The van der Waals surface area contributed by atoms with E-state index in [4.69, 9.17) is 9.47 Å². The molecule has 0 bridgehead atoms. The molecule has 0 saturated carbocycles. The molecule has 20 heavy (non-hydrogen) atoms. The minimum atomic E-state index is -0.922. The Balaban J connectivity index is 2.48. The highest BCUT2D eigenvalue weighted by molar-refractivity contribution is 5.70. The van der Waals surface area contributed by atoms with Gasteiger partial charge in [0, 0.05) is 12.1 Å². The third kappa shape index (κ3) is 5.05. The molecule has 0 amide bonds. The van der Waals surface area contributed by atoms with Crippen molar-refractivity contribution in [3.05, 3.63) is 39.9 Å². The van der Waals surface area contributed by atoms with Crippen molar-refractivity contribution in [3.8, 4) is 0 Å². The van der Waals surface area contributed by atoms with E-state index in [1.165, 1.54) is 24.3 Å². The van der Waals surface area contributed by atoms with Crippen molar-refractivity contribution in [2.45, 2.75) is 32.5 Å². The molecule has 0 heterocycles. The van der Waals surface area contributed by atoms with Crippen LogP contribution in [0.2, 0.25) is 0 Å². The average Bonchev–Trinajstić information content (AvgIpc) is 2.36. The lowest BCUT2D eigenvalue weighted by atomic mass is 10.1. The van der Waals surface area contributed by atoms with Gasteiger partial charge in [-0.1, -0.05) is 0 Å². The maximum Gasteiger partial charge on any atom is 0.310 e. The summed E-state index contributed by atoms with van der Waals surface area (Å²) in [6.07, 6.45) is -0.0707. The highest BCUT2D eigenvalue weighted by Gasteiger charge is 2.24. The zero-order valence-corrected chi connectivity index (χ0v) is 11.2. The van der Waals surface area contributed by atoms with E-state index in [1.807, 2.05) is 0 Å². The molecular weight excluding hydrogens is 266 g/mol. The second kappa shape index (κ2) is 6.65. The van der Waals surface area contributed by atoms with Crippen LogP contribution in [-0.2, 0) is 25.7 Å². The Bertz CT molecular complexity index is 494. The van der Waals surface area contributed by atoms with Crippen molar-refractivity contribution in [1.29, 1.82) is 0 Å². The van der Waals surface area contributed by atoms with Crippen LogP contribution in [0.15, 0.2) is 24.3 Å². The second-order valence-electron chi connectivity index (χ2n) is 4.73. The molecule has 0 spiro atoms. The third-order valence-corrected chi connectivity index (χ3v) is 2.48. The molecule has 7 heteroatoms. The van der Waals surface area contributed by atoms with Crippen molar-refractivity contribution >= 4 is 18.1 Å². The summed E-state index contributed by atoms with van der Waals surface area (Å²) >= 11 is 0. The number of nitro benzene ring substituents is 1. The number of carbonyl (C=O) groups excluding carboxylic acids is 2. The molecule has 0 aliphatic rings. The van der Waals surface area contributed by atoms with Crippen molar-refractivity contribution < 1.29 is 24.0 Å². The van der Waals surface area contributed by atoms with Gasteiger partial charge in [-0.3, -0.25) is 19.7 Å². The summed E-state index contributed by atoms with van der Waals surface area (Å²) in [4.78, 5) is 31.8. The van der Waals surface area contributed by atoms with Crippen molar-refractivity contribution in [3.63, 3.8) is 0 Å². The molecule has 0 N–H and O–H groups in total. The Morgan fingerprint density at radius 3 is 2.45 bits per heavy atom. The average molecular weight is 281 g/mol. The highest BCUT2D eigenvalue weighted by Crippen LogP contribution is 2.16. The molecule has 1 aromatic rings. The standard InChI is InChI=1S/C13H15NO6/c1-13(2,20-9-15)7-12(16)19-8-10-3-5-11(6-4-10)14(17)18/h3-6,9H,7-8H2,1-2H3. The summed E-state index contributed by atoms with van der Waals surface area (Å²) in [5.74, 6) is -0.518. The Morgan fingerprint density at radius 2 is 1.95 bits per heavy atom. The molecule has 0 fully saturated rings. The first-order valence-corrected chi connectivity index (χ1v) is 5.84. The van der Waals surface area contributed by atoms with Crippen LogP contribution in [0.3, 0.4) is 0 Å². The fourth-order valence-electron chi connectivity index (χ4n) is 1.45. The summed E-state index contributed by atoms with van der Waals surface area (Å²) in [6, 6.07) is 5.70. The lowest BCUT2D eigenvalue weighted by molar-refractivity contribution is -0.384. The Hall–Kier alpha value is -2.44. The van der Waals surface area contributed by atoms with Crippen LogP contribution in [-0.4, -0.2) is 23.0 Å². The number of hydrogen-bond acceptors (Lipinski definition) is 6. The maximum absolute atomic E-state index is 11.6. The van der Waals surface area contributed by atoms with E-state index >= 15 is 0 Å². The van der Waals surface area contributed by atoms with Gasteiger partial charge in [0.05, 0.1) is 11.3 Å². The topological polar surface area (TPSA) is 95.7 Å². The number of nitrogens with zero attached hydrogens (tertiary/aromatic N) is 1. The zero-order chi connectivity index (χ0) is 15.2. The van der Waals surface area contributed by atoms with Gasteiger partial charge in [-0.15, -0.1) is 0 Å². The summed E-state index contributed by atoms with van der Waals surface area (Å²) in [5, 5.41) is 10.5. The first-order valence-electron chi connectivity index (χ1n) is 5.84. The number of nitro groups is 1. The van der Waals surface area contributed by atoms with Gasteiger partial charge in [0.1, 0.15) is 12.2 Å². The van der Waals surface area contributed by atoms with Gasteiger partial charge in [0.2, 0.25) is 0 Å². The second-order valence-corrected chi connectivity index (χ2v) is 4.73. The minimum absolute atomic E-state index is 0.00793. The quantitative estimate of drug-likeness (QED) is 0.328. The largest absolute Gasteiger partial charge is 0.461 e. The van der Waals surface area contributed by atoms with Crippen LogP contribution in [0, 0.1) is 10.1 Å². The van der Waals surface area contributed by atoms with Gasteiger partial charge < -0.3 is 9.47 Å². The summed E-state index contributed by atoms with van der Waals surface area (Å²) < 4.78 is 9.74. The third-order valence-electron chi connectivity index (χ3n) is 2.48. The smallest absolute Gasteiger partial charge is 0.310 e. The van der Waals surface area contributed by atoms with Crippen molar-refractivity contribution in [1.82, 2.24) is 0 Å². The number of esters is 1. The Morgan fingerprint density at radius 1 is 1.35 bits per heavy atom. The van der Waals surface area contributed by atoms with E-state index in [0.29, 0.717) is 5.56 Å². The zero-order valence-electron chi connectivity index (χ0n) is 11.2. The molecular formula is C13H15NO6. The van der Waals surface area contributed by atoms with Crippen LogP contribution in [0.1, 0.15) is 25.8 Å². The fourth-order valence-corrected chi connectivity index (χ4v) is 1.45. The molecule has 1 aromatic carbocycles. The molecule has 0 atom stereocenters. The normalized spacial score (nSPS) is 10.7. The molecule has 1 rings (SSSR count). The summed E-state index contributed by atoms with van der Waals surface area (Å²) in [6.45, 7) is 3.47. The number of benzene rings is 1. The van der Waals surface area contributed by atoms with E-state index in [-0.39, 0.29) is 25.2 Å². The molecule has 7 nitrogen and oxygen atoms in total. The van der Waals surface area contributed by atoms with Gasteiger partial charge in [-0.05, 0) is 31.5 Å². The molecule has 0 saturated heterocycles. The molecule has 0 aliphatic carbocycles. The van der Waals surface area contributed by atoms with E-state index < -0.39 is 16.5 Å². The molecule has 108 valence electrons. The molecule has 0 radical (unpaired) electrons. The minimum Gasteiger partial charge on any atom is -0.461 e. The number of non-ortho nitro benzene ring substituents is 1. The maximum atomic E-state index is 11.6. The summed E-state index contributed by atoms with van der Waals surface area (Å²) in [7, 11) is 0.